The van der Waals surface area contributed by atoms with E-state index in [4.69, 9.17) is 4.74 Å². The molecule has 0 aromatic heterocycles. The van der Waals surface area contributed by atoms with Crippen molar-refractivity contribution in [1.29, 1.82) is 0 Å². The first kappa shape index (κ1) is 13.2. The molecule has 0 atom stereocenters. The van der Waals surface area contributed by atoms with Crippen molar-refractivity contribution < 1.29 is 13.9 Å². The highest BCUT2D eigenvalue weighted by Crippen LogP contribution is 2.19. The number of cyclic esters (lactones) is 1. The second-order valence-corrected chi connectivity index (χ2v) is 4.75. The number of ether oxygens (including phenoxy) is 1. The van der Waals surface area contributed by atoms with E-state index in [1.807, 2.05) is 31.2 Å². The Kier molecular flexibility index (Phi) is 3.36. The third-order valence-corrected chi connectivity index (χ3v) is 3.09. The van der Waals surface area contributed by atoms with Gasteiger partial charge in [0, 0.05) is 5.56 Å². The van der Waals surface area contributed by atoms with Gasteiger partial charge in [0.2, 0.25) is 5.90 Å². The number of aliphatic imine (C=N–C) groups is 1. The van der Waals surface area contributed by atoms with Crippen LogP contribution in [0.1, 0.15) is 16.7 Å². The van der Waals surface area contributed by atoms with E-state index in [-0.39, 0.29) is 17.4 Å². The molecule has 104 valence electrons. The van der Waals surface area contributed by atoms with Crippen LogP contribution in [-0.4, -0.2) is 11.9 Å². The van der Waals surface area contributed by atoms with Crippen LogP contribution in [0.25, 0.3) is 6.08 Å². The number of carbonyl (C=O) groups is 1. The Hall–Kier alpha value is -2.75. The van der Waals surface area contributed by atoms with Gasteiger partial charge in [0.15, 0.2) is 5.70 Å². The molecule has 21 heavy (non-hydrogen) atoms. The van der Waals surface area contributed by atoms with Crippen molar-refractivity contribution >= 4 is 17.9 Å². The maximum absolute atomic E-state index is 12.9. The van der Waals surface area contributed by atoms with E-state index in [1.165, 1.54) is 24.3 Å². The number of hydrogen-bond donors (Lipinski definition) is 0. The molecule has 0 amide bonds. The van der Waals surface area contributed by atoms with E-state index in [9.17, 15) is 9.18 Å². The van der Waals surface area contributed by atoms with Crippen molar-refractivity contribution in [2.45, 2.75) is 6.92 Å². The zero-order valence-corrected chi connectivity index (χ0v) is 11.3. The average Bonchev–Trinajstić information content (AvgIpc) is 2.83. The molecule has 1 aliphatic rings. The van der Waals surface area contributed by atoms with Crippen LogP contribution in [0.4, 0.5) is 4.39 Å². The van der Waals surface area contributed by atoms with Crippen LogP contribution >= 0.6 is 0 Å². The van der Waals surface area contributed by atoms with Gasteiger partial charge in [-0.2, -0.15) is 0 Å². The van der Waals surface area contributed by atoms with Crippen LogP contribution in [-0.2, 0) is 9.53 Å². The number of carbonyl (C=O) groups excluding carboxylic acids is 1. The fraction of sp³-hybridized carbons (Fsp3) is 0.0588. The highest BCUT2D eigenvalue weighted by molar-refractivity contribution is 6.12. The quantitative estimate of drug-likeness (QED) is 0.624. The minimum absolute atomic E-state index is 0.193. The third-order valence-electron chi connectivity index (χ3n) is 3.09. The van der Waals surface area contributed by atoms with Gasteiger partial charge in [-0.3, -0.25) is 0 Å². The fourth-order valence-corrected chi connectivity index (χ4v) is 1.95. The Morgan fingerprint density at radius 2 is 1.71 bits per heavy atom. The fourth-order valence-electron chi connectivity index (χ4n) is 1.95. The molecule has 3 nitrogen and oxygen atoms in total. The normalized spacial score (nSPS) is 16.0. The average molecular weight is 281 g/mol. The molecule has 2 aromatic rings. The number of nitrogens with zero attached hydrogens (tertiary/aromatic N) is 1. The van der Waals surface area contributed by atoms with Crippen LogP contribution in [0.3, 0.4) is 0 Å². The molecule has 0 radical (unpaired) electrons. The van der Waals surface area contributed by atoms with Crippen molar-refractivity contribution in [3.63, 3.8) is 0 Å². The molecule has 0 unspecified atom stereocenters. The topological polar surface area (TPSA) is 38.7 Å². The largest absolute Gasteiger partial charge is 0.402 e. The molecule has 0 aliphatic carbocycles. The van der Waals surface area contributed by atoms with E-state index in [2.05, 4.69) is 4.99 Å². The maximum atomic E-state index is 12.9. The highest BCUT2D eigenvalue weighted by Gasteiger charge is 2.23. The Labute approximate surface area is 121 Å². The minimum atomic E-state index is -0.505. The van der Waals surface area contributed by atoms with Crippen molar-refractivity contribution in [2.75, 3.05) is 0 Å². The molecule has 1 aliphatic heterocycles. The van der Waals surface area contributed by atoms with Crippen LogP contribution in [0.15, 0.2) is 59.2 Å². The van der Waals surface area contributed by atoms with Gasteiger partial charge in [-0.1, -0.05) is 29.8 Å². The summed E-state index contributed by atoms with van der Waals surface area (Å²) in [7, 11) is 0. The first-order chi connectivity index (χ1) is 10.1. The molecule has 1 heterocycles. The van der Waals surface area contributed by atoms with Crippen molar-refractivity contribution in [3.05, 3.63) is 76.7 Å². The third kappa shape index (κ3) is 2.89. The number of aryl methyl sites for hydroxylation is 1. The van der Waals surface area contributed by atoms with Gasteiger partial charge in [-0.05, 0) is 42.8 Å². The number of esters is 1. The van der Waals surface area contributed by atoms with Gasteiger partial charge in [-0.15, -0.1) is 0 Å². The van der Waals surface area contributed by atoms with Crippen LogP contribution in [0, 0.1) is 12.7 Å². The lowest BCUT2D eigenvalue weighted by atomic mass is 10.1. The van der Waals surface area contributed by atoms with E-state index in [1.54, 1.807) is 6.08 Å². The van der Waals surface area contributed by atoms with Crippen molar-refractivity contribution in [2.24, 2.45) is 4.99 Å². The first-order valence-corrected chi connectivity index (χ1v) is 6.47. The molecule has 2 aromatic carbocycles. The van der Waals surface area contributed by atoms with Gasteiger partial charge < -0.3 is 4.74 Å². The van der Waals surface area contributed by atoms with E-state index < -0.39 is 5.97 Å². The maximum Gasteiger partial charge on any atom is 0.363 e. The standard InChI is InChI=1S/C17H12FNO2/c1-11-2-4-12(5-3-11)10-15-17(20)21-16(19-15)13-6-8-14(18)9-7-13/h2-10H,1H3/b15-10+. The van der Waals surface area contributed by atoms with Gasteiger partial charge >= 0.3 is 5.97 Å². The second kappa shape index (κ2) is 5.32. The highest BCUT2D eigenvalue weighted by atomic mass is 19.1. The molecule has 0 saturated heterocycles. The monoisotopic (exact) mass is 281 g/mol. The Bertz CT molecular complexity index is 743. The molecule has 0 bridgehead atoms. The predicted octanol–water partition coefficient (Wildman–Crippen LogP) is 3.48. The lowest BCUT2D eigenvalue weighted by molar-refractivity contribution is -0.129. The molecular formula is C17H12FNO2. The summed E-state index contributed by atoms with van der Waals surface area (Å²) in [4.78, 5) is 16.0. The molecule has 0 saturated carbocycles. The zero-order valence-electron chi connectivity index (χ0n) is 11.3. The lowest BCUT2D eigenvalue weighted by Gasteiger charge is -1.98. The van der Waals surface area contributed by atoms with E-state index in [0.717, 1.165) is 11.1 Å². The molecule has 3 rings (SSSR count). The summed E-state index contributed by atoms with van der Waals surface area (Å²) in [5.74, 6) is -0.660. The van der Waals surface area contributed by atoms with E-state index >= 15 is 0 Å². The number of hydrogen-bond acceptors (Lipinski definition) is 3. The summed E-state index contributed by atoms with van der Waals surface area (Å²) >= 11 is 0. The molecular weight excluding hydrogens is 269 g/mol. The second-order valence-electron chi connectivity index (χ2n) is 4.75. The predicted molar refractivity (Wildman–Crippen MR) is 78.2 cm³/mol. The van der Waals surface area contributed by atoms with Gasteiger partial charge in [0.1, 0.15) is 5.82 Å². The number of halogens is 1. The Morgan fingerprint density at radius 3 is 2.38 bits per heavy atom. The summed E-state index contributed by atoms with van der Waals surface area (Å²) in [6.45, 7) is 1.99. The van der Waals surface area contributed by atoms with Crippen LogP contribution in [0.2, 0.25) is 0 Å². The molecule has 0 N–H and O–H groups in total. The van der Waals surface area contributed by atoms with Crippen molar-refractivity contribution in [1.82, 2.24) is 0 Å². The molecule has 4 heteroatoms. The smallest absolute Gasteiger partial charge is 0.363 e. The Morgan fingerprint density at radius 1 is 1.05 bits per heavy atom. The van der Waals surface area contributed by atoms with Crippen molar-refractivity contribution in [3.8, 4) is 0 Å². The number of benzene rings is 2. The molecule has 0 spiro atoms. The number of rotatable bonds is 2. The summed E-state index contributed by atoms with van der Waals surface area (Å²) in [6.07, 6.45) is 1.66. The van der Waals surface area contributed by atoms with E-state index in [0.29, 0.717) is 5.56 Å². The summed E-state index contributed by atoms with van der Waals surface area (Å²) < 4.78 is 18.0. The van der Waals surface area contributed by atoms with Crippen LogP contribution in [0.5, 0.6) is 0 Å². The summed E-state index contributed by atoms with van der Waals surface area (Å²) in [5, 5.41) is 0. The SMILES string of the molecule is Cc1ccc(/C=C2/N=C(c3ccc(F)cc3)OC2=O)cc1. The zero-order chi connectivity index (χ0) is 14.8. The Balaban J connectivity index is 1.91. The van der Waals surface area contributed by atoms with Gasteiger partial charge in [-0.25, -0.2) is 14.2 Å². The summed E-state index contributed by atoms with van der Waals surface area (Å²) in [6, 6.07) is 13.4. The van der Waals surface area contributed by atoms with Gasteiger partial charge in [0.25, 0.3) is 0 Å². The minimum Gasteiger partial charge on any atom is -0.402 e. The van der Waals surface area contributed by atoms with Crippen LogP contribution < -0.4 is 0 Å². The summed E-state index contributed by atoms with van der Waals surface area (Å²) in [5.41, 5.74) is 2.81. The first-order valence-electron chi connectivity index (χ1n) is 6.47. The van der Waals surface area contributed by atoms with Gasteiger partial charge in [0.05, 0.1) is 0 Å². The molecule has 0 fully saturated rings. The lowest BCUT2D eigenvalue weighted by Crippen LogP contribution is -2.05.